The summed E-state index contributed by atoms with van der Waals surface area (Å²) in [5.41, 5.74) is 0. The number of rotatable bonds is 4. The summed E-state index contributed by atoms with van der Waals surface area (Å²) in [7, 11) is 1.34. The quantitative estimate of drug-likeness (QED) is 0.629. The minimum atomic E-state index is -0.338. The molecule has 1 saturated heterocycles. The standard InChI is InChI=1S/C10H17NO3/c1-3-4-8-5-9(12)11(6-8)7-10(13)14-2/h8H,3-7H2,1-2H3. The lowest BCUT2D eigenvalue weighted by Gasteiger charge is -2.14. The van der Waals surface area contributed by atoms with Crippen LogP contribution in [-0.4, -0.2) is 37.0 Å². The molecular formula is C10H17NO3. The third kappa shape index (κ3) is 2.72. The number of nitrogens with zero attached hydrogens (tertiary/aromatic N) is 1. The molecule has 80 valence electrons. The zero-order valence-electron chi connectivity index (χ0n) is 8.78. The summed E-state index contributed by atoms with van der Waals surface area (Å²) in [4.78, 5) is 24.0. The van der Waals surface area contributed by atoms with Crippen LogP contribution in [0.4, 0.5) is 0 Å². The van der Waals surface area contributed by atoms with Crippen LogP contribution < -0.4 is 0 Å². The molecular weight excluding hydrogens is 182 g/mol. The Morgan fingerprint density at radius 3 is 2.93 bits per heavy atom. The zero-order chi connectivity index (χ0) is 10.6. The summed E-state index contributed by atoms with van der Waals surface area (Å²) in [6.45, 7) is 2.92. The van der Waals surface area contributed by atoms with Crippen LogP contribution in [0.2, 0.25) is 0 Å². The van der Waals surface area contributed by atoms with Crippen LogP contribution in [-0.2, 0) is 14.3 Å². The van der Waals surface area contributed by atoms with Gasteiger partial charge in [0.15, 0.2) is 0 Å². The van der Waals surface area contributed by atoms with Gasteiger partial charge in [0.25, 0.3) is 0 Å². The van der Waals surface area contributed by atoms with E-state index >= 15 is 0 Å². The number of hydrogen-bond acceptors (Lipinski definition) is 3. The molecule has 1 unspecified atom stereocenters. The summed E-state index contributed by atoms with van der Waals surface area (Å²) in [5.74, 6) is 0.168. The number of amides is 1. The van der Waals surface area contributed by atoms with Crippen LogP contribution in [0.1, 0.15) is 26.2 Å². The molecule has 4 nitrogen and oxygen atoms in total. The summed E-state index contributed by atoms with van der Waals surface area (Å²) in [6, 6.07) is 0. The maximum Gasteiger partial charge on any atom is 0.325 e. The van der Waals surface area contributed by atoms with Gasteiger partial charge in [-0.05, 0) is 12.3 Å². The van der Waals surface area contributed by atoms with E-state index in [4.69, 9.17) is 0 Å². The van der Waals surface area contributed by atoms with E-state index in [1.165, 1.54) is 7.11 Å². The van der Waals surface area contributed by atoms with Crippen molar-refractivity contribution in [2.45, 2.75) is 26.2 Å². The average Bonchev–Trinajstić information content (AvgIpc) is 2.47. The number of likely N-dealkylation sites (tertiary alicyclic amines) is 1. The van der Waals surface area contributed by atoms with E-state index in [0.29, 0.717) is 18.9 Å². The van der Waals surface area contributed by atoms with Crippen molar-refractivity contribution >= 4 is 11.9 Å². The minimum absolute atomic E-state index is 0.0776. The maximum absolute atomic E-state index is 11.4. The van der Waals surface area contributed by atoms with Crippen LogP contribution in [0.15, 0.2) is 0 Å². The monoisotopic (exact) mass is 199 g/mol. The van der Waals surface area contributed by atoms with Gasteiger partial charge in [-0.1, -0.05) is 13.3 Å². The molecule has 4 heteroatoms. The number of esters is 1. The van der Waals surface area contributed by atoms with Crippen LogP contribution >= 0.6 is 0 Å². The first-order valence-electron chi connectivity index (χ1n) is 5.02. The van der Waals surface area contributed by atoms with E-state index in [2.05, 4.69) is 11.7 Å². The third-order valence-corrected chi connectivity index (χ3v) is 2.54. The molecule has 1 heterocycles. The smallest absolute Gasteiger partial charge is 0.325 e. The Kier molecular flexibility index (Phi) is 3.92. The molecule has 1 rings (SSSR count). The lowest BCUT2D eigenvalue weighted by molar-refractivity contribution is -0.145. The Bertz CT molecular complexity index is 227. The highest BCUT2D eigenvalue weighted by Gasteiger charge is 2.30. The van der Waals surface area contributed by atoms with Crippen molar-refractivity contribution in [3.05, 3.63) is 0 Å². The van der Waals surface area contributed by atoms with Gasteiger partial charge in [0.2, 0.25) is 5.91 Å². The second kappa shape index (κ2) is 4.98. The molecule has 1 atom stereocenters. The van der Waals surface area contributed by atoms with Crippen molar-refractivity contribution in [2.75, 3.05) is 20.2 Å². The van der Waals surface area contributed by atoms with E-state index in [-0.39, 0.29) is 18.4 Å². The van der Waals surface area contributed by atoms with Crippen molar-refractivity contribution in [3.8, 4) is 0 Å². The predicted molar refractivity (Wildman–Crippen MR) is 51.6 cm³/mol. The Labute approximate surface area is 84.2 Å². The molecule has 14 heavy (non-hydrogen) atoms. The first-order valence-corrected chi connectivity index (χ1v) is 5.02. The molecule has 1 amide bonds. The molecule has 0 saturated carbocycles. The highest BCUT2D eigenvalue weighted by Crippen LogP contribution is 2.21. The van der Waals surface area contributed by atoms with E-state index < -0.39 is 0 Å². The van der Waals surface area contributed by atoms with Crippen molar-refractivity contribution in [3.63, 3.8) is 0 Å². The molecule has 0 aliphatic carbocycles. The van der Waals surface area contributed by atoms with Gasteiger partial charge in [-0.2, -0.15) is 0 Å². The maximum atomic E-state index is 11.4. The fourth-order valence-electron chi connectivity index (χ4n) is 1.83. The lowest BCUT2D eigenvalue weighted by Crippen LogP contribution is -2.31. The lowest BCUT2D eigenvalue weighted by atomic mass is 10.0. The van der Waals surface area contributed by atoms with E-state index in [1.54, 1.807) is 4.90 Å². The number of hydrogen-bond donors (Lipinski definition) is 0. The molecule has 1 aliphatic rings. The van der Waals surface area contributed by atoms with Crippen LogP contribution in [0.3, 0.4) is 0 Å². The van der Waals surface area contributed by atoms with E-state index in [9.17, 15) is 9.59 Å². The number of carbonyl (C=O) groups excluding carboxylic acids is 2. The molecule has 0 spiro atoms. The summed E-state index contributed by atoms with van der Waals surface area (Å²) >= 11 is 0. The largest absolute Gasteiger partial charge is 0.468 e. The highest BCUT2D eigenvalue weighted by atomic mass is 16.5. The molecule has 0 N–H and O–H groups in total. The van der Waals surface area contributed by atoms with Gasteiger partial charge in [0, 0.05) is 13.0 Å². The highest BCUT2D eigenvalue weighted by molar-refractivity contribution is 5.83. The number of ether oxygens (including phenoxy) is 1. The third-order valence-electron chi connectivity index (χ3n) is 2.54. The van der Waals surface area contributed by atoms with Gasteiger partial charge < -0.3 is 9.64 Å². The van der Waals surface area contributed by atoms with Crippen LogP contribution in [0.25, 0.3) is 0 Å². The molecule has 0 bridgehead atoms. The normalized spacial score (nSPS) is 21.4. The molecule has 0 aromatic rings. The second-order valence-electron chi connectivity index (χ2n) is 3.71. The summed E-state index contributed by atoms with van der Waals surface area (Å²) in [5, 5.41) is 0. The number of methoxy groups -OCH3 is 1. The second-order valence-corrected chi connectivity index (χ2v) is 3.71. The van der Waals surface area contributed by atoms with Gasteiger partial charge in [-0.25, -0.2) is 0 Å². The number of carbonyl (C=O) groups is 2. The zero-order valence-corrected chi connectivity index (χ0v) is 8.78. The Balaban J connectivity index is 2.40. The Morgan fingerprint density at radius 2 is 2.36 bits per heavy atom. The van der Waals surface area contributed by atoms with Crippen molar-refractivity contribution < 1.29 is 14.3 Å². The molecule has 0 radical (unpaired) electrons. The molecule has 0 aromatic heterocycles. The van der Waals surface area contributed by atoms with E-state index in [0.717, 1.165) is 12.8 Å². The average molecular weight is 199 g/mol. The van der Waals surface area contributed by atoms with Crippen LogP contribution in [0.5, 0.6) is 0 Å². The summed E-state index contributed by atoms with van der Waals surface area (Å²) < 4.78 is 4.52. The molecule has 0 aromatic carbocycles. The SMILES string of the molecule is CCCC1CC(=O)N(CC(=O)OC)C1. The topological polar surface area (TPSA) is 46.6 Å². The van der Waals surface area contributed by atoms with Gasteiger partial charge in [-0.3, -0.25) is 9.59 Å². The van der Waals surface area contributed by atoms with Gasteiger partial charge in [-0.15, -0.1) is 0 Å². The molecule has 1 fully saturated rings. The van der Waals surface area contributed by atoms with Gasteiger partial charge >= 0.3 is 5.97 Å². The fourth-order valence-corrected chi connectivity index (χ4v) is 1.83. The van der Waals surface area contributed by atoms with Gasteiger partial charge in [0.05, 0.1) is 7.11 Å². The first-order chi connectivity index (χ1) is 6.67. The minimum Gasteiger partial charge on any atom is -0.468 e. The van der Waals surface area contributed by atoms with E-state index in [1.807, 2.05) is 0 Å². The predicted octanol–water partition coefficient (Wildman–Crippen LogP) is 0.808. The van der Waals surface area contributed by atoms with Crippen molar-refractivity contribution in [1.82, 2.24) is 4.90 Å². The Hall–Kier alpha value is -1.06. The summed E-state index contributed by atoms with van der Waals surface area (Å²) in [6.07, 6.45) is 2.73. The van der Waals surface area contributed by atoms with Crippen molar-refractivity contribution in [1.29, 1.82) is 0 Å². The van der Waals surface area contributed by atoms with Gasteiger partial charge in [0.1, 0.15) is 6.54 Å². The first kappa shape index (κ1) is 11.0. The molecule has 1 aliphatic heterocycles. The van der Waals surface area contributed by atoms with Crippen molar-refractivity contribution in [2.24, 2.45) is 5.92 Å². The Morgan fingerprint density at radius 1 is 1.64 bits per heavy atom. The van der Waals surface area contributed by atoms with Crippen LogP contribution in [0, 0.1) is 5.92 Å². The fraction of sp³-hybridized carbons (Fsp3) is 0.800.